The predicted molar refractivity (Wildman–Crippen MR) is 58.7 cm³/mol. The first kappa shape index (κ1) is 10.6. The highest BCUT2D eigenvalue weighted by atomic mass is 14.9. The average Bonchev–Trinajstić information content (AvgIpc) is 2.21. The normalized spacial score (nSPS) is 18.3. The third-order valence-electron chi connectivity index (χ3n) is 3.04. The van der Waals surface area contributed by atoms with Crippen LogP contribution in [0.15, 0.2) is 11.8 Å². The van der Waals surface area contributed by atoms with Crippen LogP contribution in [0.5, 0.6) is 0 Å². The van der Waals surface area contributed by atoms with Gasteiger partial charge in [-0.25, -0.2) is 0 Å². The van der Waals surface area contributed by atoms with Crippen molar-refractivity contribution >= 4 is 0 Å². The van der Waals surface area contributed by atoms with Crippen molar-refractivity contribution in [1.82, 2.24) is 5.32 Å². The quantitative estimate of drug-likeness (QED) is 0.698. The van der Waals surface area contributed by atoms with Crippen molar-refractivity contribution in [2.75, 3.05) is 0 Å². The maximum Gasteiger partial charge on any atom is 0.0255 e. The van der Waals surface area contributed by atoms with Gasteiger partial charge in [-0.15, -0.1) is 0 Å². The fourth-order valence-electron chi connectivity index (χ4n) is 1.96. The molecule has 0 spiro atoms. The van der Waals surface area contributed by atoms with E-state index in [1.54, 1.807) is 5.57 Å². The van der Waals surface area contributed by atoms with Gasteiger partial charge in [0.15, 0.2) is 0 Å². The molecule has 0 bridgehead atoms. The van der Waals surface area contributed by atoms with Crippen LogP contribution in [0.3, 0.4) is 0 Å². The molecule has 1 nitrogen and oxygen atoms in total. The van der Waals surface area contributed by atoms with Crippen molar-refractivity contribution in [3.63, 3.8) is 0 Å². The zero-order valence-corrected chi connectivity index (χ0v) is 9.10. The Morgan fingerprint density at radius 3 is 2.31 bits per heavy atom. The molecule has 0 aromatic carbocycles. The number of allylic oxidation sites excluding steroid dienone is 1. The lowest BCUT2D eigenvalue weighted by atomic mass is 9.95. The van der Waals surface area contributed by atoms with E-state index in [4.69, 9.17) is 0 Å². The summed E-state index contributed by atoms with van der Waals surface area (Å²) in [5.74, 6) is 0. The van der Waals surface area contributed by atoms with Crippen molar-refractivity contribution < 1.29 is 0 Å². The summed E-state index contributed by atoms with van der Waals surface area (Å²) >= 11 is 0. The van der Waals surface area contributed by atoms with E-state index in [-0.39, 0.29) is 0 Å². The van der Waals surface area contributed by atoms with Crippen LogP contribution in [0.25, 0.3) is 0 Å². The summed E-state index contributed by atoms with van der Waals surface area (Å²) in [7, 11) is 0. The molecule has 1 aliphatic rings. The molecule has 0 heterocycles. The first-order valence-corrected chi connectivity index (χ1v) is 5.80. The molecular formula is C12H23N. The molecule has 0 radical (unpaired) electrons. The molecule has 13 heavy (non-hydrogen) atoms. The minimum atomic E-state index is 0.766. The van der Waals surface area contributed by atoms with Gasteiger partial charge in [0.1, 0.15) is 0 Å². The van der Waals surface area contributed by atoms with Crippen molar-refractivity contribution in [3.8, 4) is 0 Å². The van der Waals surface area contributed by atoms with Gasteiger partial charge >= 0.3 is 0 Å². The van der Waals surface area contributed by atoms with E-state index in [0.717, 1.165) is 6.04 Å². The lowest BCUT2D eigenvalue weighted by Crippen LogP contribution is -2.26. The molecule has 1 heteroatoms. The maximum atomic E-state index is 3.56. The molecule has 0 saturated heterocycles. The van der Waals surface area contributed by atoms with Crippen LogP contribution in [0, 0.1) is 0 Å². The van der Waals surface area contributed by atoms with Gasteiger partial charge in [0.05, 0.1) is 0 Å². The molecule has 0 aromatic heterocycles. The van der Waals surface area contributed by atoms with Crippen LogP contribution in [0.2, 0.25) is 0 Å². The van der Waals surface area contributed by atoms with E-state index in [2.05, 4.69) is 25.4 Å². The van der Waals surface area contributed by atoms with Gasteiger partial charge in [-0.3, -0.25) is 0 Å². The first-order valence-electron chi connectivity index (χ1n) is 5.80. The van der Waals surface area contributed by atoms with E-state index in [1.807, 2.05) is 0 Å². The molecule has 1 rings (SSSR count). The van der Waals surface area contributed by atoms with Gasteiger partial charge in [0, 0.05) is 6.04 Å². The Bertz CT molecular complexity index is 149. The fourth-order valence-corrected chi connectivity index (χ4v) is 1.96. The summed E-state index contributed by atoms with van der Waals surface area (Å²) in [6.07, 6.45) is 11.7. The van der Waals surface area contributed by atoms with Gasteiger partial charge in [-0.05, 0) is 31.9 Å². The second-order valence-electron chi connectivity index (χ2n) is 4.01. The fraction of sp³-hybridized carbons (Fsp3) is 0.833. The third kappa shape index (κ3) is 3.84. The van der Waals surface area contributed by atoms with Crippen molar-refractivity contribution in [2.45, 2.75) is 64.8 Å². The molecule has 0 amide bonds. The zero-order chi connectivity index (χ0) is 9.52. The minimum absolute atomic E-state index is 0.766. The van der Waals surface area contributed by atoms with E-state index in [1.165, 1.54) is 44.9 Å². The lowest BCUT2D eigenvalue weighted by molar-refractivity contribution is 0.403. The minimum Gasteiger partial charge on any atom is -0.388 e. The van der Waals surface area contributed by atoms with Gasteiger partial charge in [0.25, 0.3) is 0 Å². The highest BCUT2D eigenvalue weighted by molar-refractivity contribution is 4.99. The van der Waals surface area contributed by atoms with E-state index >= 15 is 0 Å². The van der Waals surface area contributed by atoms with Crippen molar-refractivity contribution in [2.24, 2.45) is 0 Å². The molecule has 0 unspecified atom stereocenters. The molecule has 0 aromatic rings. The summed E-state index contributed by atoms with van der Waals surface area (Å²) < 4.78 is 0. The largest absolute Gasteiger partial charge is 0.388 e. The number of nitrogens with one attached hydrogen (secondary N) is 1. The van der Waals surface area contributed by atoms with Gasteiger partial charge in [-0.2, -0.15) is 0 Å². The Morgan fingerprint density at radius 2 is 1.77 bits per heavy atom. The second kappa shape index (κ2) is 6.06. The van der Waals surface area contributed by atoms with Crippen LogP contribution < -0.4 is 5.32 Å². The summed E-state index contributed by atoms with van der Waals surface area (Å²) in [6, 6.07) is 0.766. The number of rotatable bonds is 4. The molecule has 0 atom stereocenters. The smallest absolute Gasteiger partial charge is 0.0255 e. The Kier molecular flexibility index (Phi) is 4.95. The first-order chi connectivity index (χ1) is 6.36. The molecule has 1 aliphatic carbocycles. The molecule has 76 valence electrons. The van der Waals surface area contributed by atoms with Crippen LogP contribution in [0.4, 0.5) is 0 Å². The molecular weight excluding hydrogens is 158 g/mol. The van der Waals surface area contributed by atoms with E-state index in [9.17, 15) is 0 Å². The van der Waals surface area contributed by atoms with Crippen LogP contribution in [-0.4, -0.2) is 6.04 Å². The monoisotopic (exact) mass is 181 g/mol. The highest BCUT2D eigenvalue weighted by Gasteiger charge is 2.10. The van der Waals surface area contributed by atoms with Crippen LogP contribution >= 0.6 is 0 Å². The SMILES string of the molecule is CCC(=CNC1CCCCC1)CC. The molecule has 1 saturated carbocycles. The Labute approximate surface area is 82.6 Å². The zero-order valence-electron chi connectivity index (χ0n) is 9.10. The summed E-state index contributed by atoms with van der Waals surface area (Å²) in [5, 5.41) is 3.56. The number of hydrogen-bond donors (Lipinski definition) is 1. The average molecular weight is 181 g/mol. The Hall–Kier alpha value is -0.460. The topological polar surface area (TPSA) is 12.0 Å². The summed E-state index contributed by atoms with van der Waals surface area (Å²) in [6.45, 7) is 4.47. The predicted octanol–water partition coefficient (Wildman–Crippen LogP) is 3.61. The number of hydrogen-bond acceptors (Lipinski definition) is 1. The standard InChI is InChI=1S/C12H23N/c1-3-11(4-2)10-13-12-8-6-5-7-9-12/h10,12-13H,3-9H2,1-2H3. The molecule has 0 aliphatic heterocycles. The van der Waals surface area contributed by atoms with Gasteiger partial charge in [0.2, 0.25) is 0 Å². The van der Waals surface area contributed by atoms with Crippen molar-refractivity contribution in [1.29, 1.82) is 0 Å². The lowest BCUT2D eigenvalue weighted by Gasteiger charge is -2.22. The van der Waals surface area contributed by atoms with E-state index in [0.29, 0.717) is 0 Å². The second-order valence-corrected chi connectivity index (χ2v) is 4.01. The third-order valence-corrected chi connectivity index (χ3v) is 3.04. The van der Waals surface area contributed by atoms with Gasteiger partial charge < -0.3 is 5.32 Å². The summed E-state index contributed by atoms with van der Waals surface area (Å²) in [4.78, 5) is 0. The van der Waals surface area contributed by atoms with Crippen molar-refractivity contribution in [3.05, 3.63) is 11.8 Å². The molecule has 1 N–H and O–H groups in total. The Balaban J connectivity index is 2.26. The maximum absolute atomic E-state index is 3.56. The van der Waals surface area contributed by atoms with Crippen LogP contribution in [-0.2, 0) is 0 Å². The summed E-state index contributed by atoms with van der Waals surface area (Å²) in [5.41, 5.74) is 1.55. The highest BCUT2D eigenvalue weighted by Crippen LogP contribution is 2.17. The van der Waals surface area contributed by atoms with Crippen LogP contribution in [0.1, 0.15) is 58.8 Å². The Morgan fingerprint density at radius 1 is 1.15 bits per heavy atom. The van der Waals surface area contributed by atoms with E-state index < -0.39 is 0 Å². The molecule has 1 fully saturated rings. The van der Waals surface area contributed by atoms with Gasteiger partial charge in [-0.1, -0.05) is 38.7 Å².